The highest BCUT2D eigenvalue weighted by Crippen LogP contribution is 2.03. The molecule has 0 bridgehead atoms. The van der Waals surface area contributed by atoms with Gasteiger partial charge in [0, 0.05) is 20.0 Å². The van der Waals surface area contributed by atoms with E-state index in [4.69, 9.17) is 0 Å². The first-order valence-corrected chi connectivity index (χ1v) is 5.68. The first-order valence-electron chi connectivity index (χ1n) is 5.68. The third-order valence-electron chi connectivity index (χ3n) is 2.49. The summed E-state index contributed by atoms with van der Waals surface area (Å²) in [6.07, 6.45) is 5.25. The van der Waals surface area contributed by atoms with Crippen molar-refractivity contribution in [3.63, 3.8) is 0 Å². The Morgan fingerprint density at radius 1 is 1.47 bits per heavy atom. The summed E-state index contributed by atoms with van der Waals surface area (Å²) in [6, 6.07) is 0. The maximum absolute atomic E-state index is 11.3. The molecule has 0 fully saturated rings. The third kappa shape index (κ3) is 3.24. The van der Waals surface area contributed by atoms with Crippen molar-refractivity contribution in [2.24, 2.45) is 7.05 Å². The van der Waals surface area contributed by atoms with E-state index in [1.54, 1.807) is 12.5 Å². The van der Waals surface area contributed by atoms with E-state index in [0.717, 1.165) is 5.82 Å². The number of nitrogens with one attached hydrogen (secondary N) is 1. The molecule has 8 heteroatoms. The van der Waals surface area contributed by atoms with Gasteiger partial charge in [0.15, 0.2) is 5.69 Å². The van der Waals surface area contributed by atoms with Crippen LogP contribution in [0.3, 0.4) is 0 Å². The molecule has 1 N–H and O–H groups in total. The largest absolute Gasteiger partial charge is 0.464 e. The Kier molecular flexibility index (Phi) is 4.01. The highest BCUT2D eigenvalue weighted by atomic mass is 16.5. The standard InChI is InChI=1S/C11H14N6O2/c1-17-7-14-16-10(17)3-4-13-9-6-12-5-8(15-9)11(18)19-2/h5-7H,3-4H2,1-2H3,(H,13,15). The molecule has 0 aliphatic heterocycles. The van der Waals surface area contributed by atoms with Crippen LogP contribution in [0.15, 0.2) is 18.7 Å². The van der Waals surface area contributed by atoms with Crippen molar-refractivity contribution in [2.45, 2.75) is 6.42 Å². The van der Waals surface area contributed by atoms with Gasteiger partial charge in [-0.15, -0.1) is 10.2 Å². The summed E-state index contributed by atoms with van der Waals surface area (Å²) in [4.78, 5) is 19.3. The molecule has 0 saturated heterocycles. The van der Waals surface area contributed by atoms with Crippen molar-refractivity contribution in [1.29, 1.82) is 0 Å². The van der Waals surface area contributed by atoms with Crippen LogP contribution in [0.1, 0.15) is 16.3 Å². The number of esters is 1. The highest BCUT2D eigenvalue weighted by Gasteiger charge is 2.08. The van der Waals surface area contributed by atoms with Gasteiger partial charge in [0.1, 0.15) is 18.0 Å². The number of aromatic nitrogens is 5. The Labute approximate surface area is 109 Å². The van der Waals surface area contributed by atoms with Crippen molar-refractivity contribution >= 4 is 11.8 Å². The molecule has 0 atom stereocenters. The number of rotatable bonds is 5. The summed E-state index contributed by atoms with van der Waals surface area (Å²) in [5.74, 6) is 0.874. The minimum absolute atomic E-state index is 0.172. The number of hydrogen-bond donors (Lipinski definition) is 1. The molecule has 0 aromatic carbocycles. The van der Waals surface area contributed by atoms with Crippen LogP contribution < -0.4 is 5.32 Å². The van der Waals surface area contributed by atoms with Crippen molar-refractivity contribution in [1.82, 2.24) is 24.7 Å². The van der Waals surface area contributed by atoms with E-state index >= 15 is 0 Å². The Bertz CT molecular complexity index is 568. The molecule has 100 valence electrons. The van der Waals surface area contributed by atoms with Crippen LogP contribution in [0.25, 0.3) is 0 Å². The zero-order valence-corrected chi connectivity index (χ0v) is 10.7. The first kappa shape index (κ1) is 12.9. The fourth-order valence-corrected chi connectivity index (χ4v) is 1.49. The minimum atomic E-state index is -0.510. The molecule has 2 rings (SSSR count). The smallest absolute Gasteiger partial charge is 0.358 e. The molecule has 19 heavy (non-hydrogen) atoms. The fourth-order valence-electron chi connectivity index (χ4n) is 1.49. The van der Waals surface area contributed by atoms with Crippen LogP contribution in [0.5, 0.6) is 0 Å². The number of methoxy groups -OCH3 is 1. The number of carbonyl (C=O) groups is 1. The summed E-state index contributed by atoms with van der Waals surface area (Å²) in [7, 11) is 3.19. The molecule has 0 saturated carbocycles. The molecule has 2 aromatic rings. The van der Waals surface area contributed by atoms with Crippen LogP contribution in [-0.2, 0) is 18.2 Å². The summed E-state index contributed by atoms with van der Waals surface area (Å²) < 4.78 is 6.43. The van der Waals surface area contributed by atoms with E-state index in [1.165, 1.54) is 13.3 Å². The number of nitrogens with zero attached hydrogens (tertiary/aromatic N) is 5. The van der Waals surface area contributed by atoms with Gasteiger partial charge in [-0.05, 0) is 0 Å². The van der Waals surface area contributed by atoms with Crippen molar-refractivity contribution < 1.29 is 9.53 Å². The lowest BCUT2D eigenvalue weighted by Gasteiger charge is -2.05. The van der Waals surface area contributed by atoms with Gasteiger partial charge in [-0.3, -0.25) is 4.98 Å². The number of ether oxygens (including phenoxy) is 1. The first-order chi connectivity index (χ1) is 9.20. The van der Waals surface area contributed by atoms with Gasteiger partial charge >= 0.3 is 5.97 Å². The normalized spacial score (nSPS) is 10.2. The Hall–Kier alpha value is -2.51. The SMILES string of the molecule is COC(=O)c1cncc(NCCc2nncn2C)n1. The Morgan fingerprint density at radius 3 is 3.00 bits per heavy atom. The lowest BCUT2D eigenvalue weighted by molar-refractivity contribution is 0.0593. The number of carbonyl (C=O) groups excluding carboxylic acids is 1. The molecule has 0 aliphatic rings. The van der Waals surface area contributed by atoms with E-state index in [1.807, 2.05) is 11.6 Å². The molecule has 8 nitrogen and oxygen atoms in total. The predicted molar refractivity (Wildman–Crippen MR) is 66.6 cm³/mol. The molecule has 0 spiro atoms. The quantitative estimate of drug-likeness (QED) is 0.760. The molecule has 0 radical (unpaired) electrons. The summed E-state index contributed by atoms with van der Waals surface area (Å²) in [6.45, 7) is 0.617. The lowest BCUT2D eigenvalue weighted by Crippen LogP contribution is -2.12. The predicted octanol–water partition coefficient (Wildman–Crippen LogP) is 0.0463. The monoisotopic (exact) mass is 262 g/mol. The van der Waals surface area contributed by atoms with Crippen molar-refractivity contribution in [2.75, 3.05) is 19.0 Å². The van der Waals surface area contributed by atoms with Gasteiger partial charge in [0.2, 0.25) is 0 Å². The van der Waals surface area contributed by atoms with E-state index in [-0.39, 0.29) is 5.69 Å². The van der Waals surface area contributed by atoms with Gasteiger partial charge in [0.05, 0.1) is 19.5 Å². The van der Waals surface area contributed by atoms with Crippen LogP contribution >= 0.6 is 0 Å². The number of aryl methyl sites for hydroxylation is 1. The van der Waals surface area contributed by atoms with Crippen LogP contribution in [0.4, 0.5) is 5.82 Å². The lowest BCUT2D eigenvalue weighted by atomic mass is 10.4. The molecule has 0 amide bonds. The Balaban J connectivity index is 1.93. The average molecular weight is 262 g/mol. The topological polar surface area (TPSA) is 94.8 Å². The van der Waals surface area contributed by atoms with Gasteiger partial charge in [-0.2, -0.15) is 0 Å². The molecule has 2 aromatic heterocycles. The number of anilines is 1. The minimum Gasteiger partial charge on any atom is -0.464 e. The van der Waals surface area contributed by atoms with Crippen LogP contribution in [0.2, 0.25) is 0 Å². The van der Waals surface area contributed by atoms with E-state index in [2.05, 4.69) is 30.2 Å². The van der Waals surface area contributed by atoms with Gasteiger partial charge in [-0.1, -0.05) is 0 Å². The zero-order valence-electron chi connectivity index (χ0n) is 10.7. The fraction of sp³-hybridized carbons (Fsp3) is 0.364. The maximum atomic E-state index is 11.3. The van der Waals surface area contributed by atoms with Crippen molar-refractivity contribution in [3.8, 4) is 0 Å². The van der Waals surface area contributed by atoms with Gasteiger partial charge < -0.3 is 14.6 Å². The molecular formula is C11H14N6O2. The molecular weight excluding hydrogens is 248 g/mol. The van der Waals surface area contributed by atoms with Crippen LogP contribution in [-0.4, -0.2) is 44.4 Å². The second-order valence-electron chi connectivity index (χ2n) is 3.82. The number of hydrogen-bond acceptors (Lipinski definition) is 7. The summed E-state index contributed by atoms with van der Waals surface area (Å²) in [5, 5.41) is 10.8. The van der Waals surface area contributed by atoms with Gasteiger partial charge in [-0.25, -0.2) is 9.78 Å². The van der Waals surface area contributed by atoms with E-state index in [0.29, 0.717) is 18.8 Å². The maximum Gasteiger partial charge on any atom is 0.358 e. The Morgan fingerprint density at radius 2 is 2.32 bits per heavy atom. The summed E-state index contributed by atoms with van der Waals surface area (Å²) in [5.41, 5.74) is 0.172. The molecule has 2 heterocycles. The average Bonchev–Trinajstić information content (AvgIpc) is 2.84. The van der Waals surface area contributed by atoms with Gasteiger partial charge in [0.25, 0.3) is 0 Å². The second kappa shape index (κ2) is 5.89. The second-order valence-corrected chi connectivity index (χ2v) is 3.82. The third-order valence-corrected chi connectivity index (χ3v) is 2.49. The van der Waals surface area contributed by atoms with E-state index in [9.17, 15) is 4.79 Å². The highest BCUT2D eigenvalue weighted by molar-refractivity contribution is 5.87. The zero-order chi connectivity index (χ0) is 13.7. The van der Waals surface area contributed by atoms with Crippen molar-refractivity contribution in [3.05, 3.63) is 30.2 Å². The van der Waals surface area contributed by atoms with Crippen LogP contribution in [0, 0.1) is 0 Å². The molecule has 0 unspecified atom stereocenters. The van der Waals surface area contributed by atoms with E-state index < -0.39 is 5.97 Å². The summed E-state index contributed by atoms with van der Waals surface area (Å²) >= 11 is 0. The molecule has 0 aliphatic carbocycles.